The number of rotatable bonds is 8. The summed E-state index contributed by atoms with van der Waals surface area (Å²) in [5, 5.41) is 0. The lowest BCUT2D eigenvalue weighted by atomic mass is 10.0. The standard InChI is InChI=1S/C22H27FN2O5S2/c1-16(2)21(24-32(29,30)20-13-7-6-12-19(20)23)22(26)25-14-8-9-17(25)15-31(27,28)18-10-4-3-5-11-18/h3-7,10-13,16-17,21,24H,8-9,14-15H2,1-2H3. The van der Waals surface area contributed by atoms with Gasteiger partial charge in [0.2, 0.25) is 15.9 Å². The molecular weight excluding hydrogens is 455 g/mol. The number of sulfonamides is 1. The lowest BCUT2D eigenvalue weighted by molar-refractivity contribution is -0.134. The molecule has 174 valence electrons. The summed E-state index contributed by atoms with van der Waals surface area (Å²) in [6, 6.07) is 11.2. The molecule has 1 N–H and O–H groups in total. The SMILES string of the molecule is CC(C)C(NS(=O)(=O)c1ccccc1F)C(=O)N1CCCC1CS(=O)(=O)c1ccccc1. The number of benzene rings is 2. The van der Waals surface area contributed by atoms with Gasteiger partial charge in [-0.05, 0) is 43.0 Å². The number of carbonyl (C=O) groups is 1. The van der Waals surface area contributed by atoms with E-state index in [-0.39, 0.29) is 10.6 Å². The maximum Gasteiger partial charge on any atom is 0.244 e. The monoisotopic (exact) mass is 482 g/mol. The largest absolute Gasteiger partial charge is 0.337 e. The van der Waals surface area contributed by atoms with Crippen LogP contribution in [0.3, 0.4) is 0 Å². The molecule has 0 bridgehead atoms. The van der Waals surface area contributed by atoms with Crippen LogP contribution >= 0.6 is 0 Å². The molecular formula is C22H27FN2O5S2. The van der Waals surface area contributed by atoms with Gasteiger partial charge in [0.05, 0.1) is 10.6 Å². The molecule has 2 unspecified atom stereocenters. The third-order valence-electron chi connectivity index (χ3n) is 5.52. The quantitative estimate of drug-likeness (QED) is 0.623. The fourth-order valence-electron chi connectivity index (χ4n) is 3.82. The van der Waals surface area contributed by atoms with E-state index >= 15 is 0 Å². The molecule has 10 heteroatoms. The zero-order valence-corrected chi connectivity index (χ0v) is 19.6. The van der Waals surface area contributed by atoms with E-state index in [1.54, 1.807) is 32.0 Å². The van der Waals surface area contributed by atoms with Gasteiger partial charge < -0.3 is 4.90 Å². The summed E-state index contributed by atoms with van der Waals surface area (Å²) in [4.78, 5) is 14.4. The number of sulfone groups is 1. The minimum Gasteiger partial charge on any atom is -0.337 e. The molecule has 0 aromatic heterocycles. The van der Waals surface area contributed by atoms with Crippen molar-refractivity contribution in [3.8, 4) is 0 Å². The van der Waals surface area contributed by atoms with Crippen LogP contribution in [0.2, 0.25) is 0 Å². The van der Waals surface area contributed by atoms with Crippen LogP contribution < -0.4 is 4.72 Å². The fourth-order valence-corrected chi connectivity index (χ4v) is 6.85. The van der Waals surface area contributed by atoms with Crippen molar-refractivity contribution in [1.29, 1.82) is 0 Å². The molecule has 1 aliphatic rings. The Hall–Kier alpha value is -2.30. The summed E-state index contributed by atoms with van der Waals surface area (Å²) in [5.41, 5.74) is 0. The lowest BCUT2D eigenvalue weighted by Gasteiger charge is -2.31. The third kappa shape index (κ3) is 5.36. The summed E-state index contributed by atoms with van der Waals surface area (Å²) in [7, 11) is -7.92. The van der Waals surface area contributed by atoms with Gasteiger partial charge in [0.15, 0.2) is 9.84 Å². The molecule has 2 atom stereocenters. The van der Waals surface area contributed by atoms with Gasteiger partial charge in [0, 0.05) is 12.6 Å². The number of carbonyl (C=O) groups excluding carboxylic acids is 1. The average molecular weight is 483 g/mol. The van der Waals surface area contributed by atoms with E-state index in [2.05, 4.69) is 4.72 Å². The first-order valence-corrected chi connectivity index (χ1v) is 13.5. The van der Waals surface area contributed by atoms with E-state index in [1.165, 1.54) is 29.2 Å². The number of hydrogen-bond acceptors (Lipinski definition) is 5. The second kappa shape index (κ2) is 9.68. The van der Waals surface area contributed by atoms with Gasteiger partial charge in [-0.1, -0.05) is 44.2 Å². The van der Waals surface area contributed by atoms with Gasteiger partial charge in [0.1, 0.15) is 16.8 Å². The summed E-state index contributed by atoms with van der Waals surface area (Å²) in [6.45, 7) is 3.69. The van der Waals surface area contributed by atoms with Crippen LogP contribution in [0.25, 0.3) is 0 Å². The first kappa shape index (κ1) is 24.3. The van der Waals surface area contributed by atoms with Gasteiger partial charge in [-0.15, -0.1) is 0 Å². The maximum atomic E-state index is 14.1. The van der Waals surface area contributed by atoms with Crippen molar-refractivity contribution in [2.45, 2.75) is 48.6 Å². The van der Waals surface area contributed by atoms with Crippen LogP contribution in [0, 0.1) is 11.7 Å². The van der Waals surface area contributed by atoms with Crippen molar-refractivity contribution in [2.24, 2.45) is 5.92 Å². The van der Waals surface area contributed by atoms with Gasteiger partial charge in [-0.3, -0.25) is 4.79 Å². The Bertz CT molecular complexity index is 1170. The predicted octanol–water partition coefficient (Wildman–Crippen LogP) is 2.59. The molecule has 1 saturated heterocycles. The highest BCUT2D eigenvalue weighted by Crippen LogP contribution is 2.25. The van der Waals surface area contributed by atoms with Crippen molar-refractivity contribution < 1.29 is 26.0 Å². The van der Waals surface area contributed by atoms with Crippen molar-refractivity contribution in [3.05, 3.63) is 60.4 Å². The highest BCUT2D eigenvalue weighted by atomic mass is 32.2. The zero-order valence-electron chi connectivity index (χ0n) is 17.9. The number of amides is 1. The molecule has 1 heterocycles. The maximum absolute atomic E-state index is 14.1. The highest BCUT2D eigenvalue weighted by molar-refractivity contribution is 7.91. The van der Waals surface area contributed by atoms with E-state index in [1.807, 2.05) is 0 Å². The van der Waals surface area contributed by atoms with Gasteiger partial charge in [-0.25, -0.2) is 21.2 Å². The Morgan fingerprint density at radius 2 is 1.69 bits per heavy atom. The van der Waals surface area contributed by atoms with Crippen LogP contribution in [0.1, 0.15) is 26.7 Å². The molecule has 1 amide bonds. The van der Waals surface area contributed by atoms with E-state index in [4.69, 9.17) is 0 Å². The van der Waals surface area contributed by atoms with Gasteiger partial charge in [-0.2, -0.15) is 4.72 Å². The fraction of sp³-hybridized carbons (Fsp3) is 0.409. The number of nitrogens with one attached hydrogen (secondary N) is 1. The zero-order chi connectivity index (χ0) is 23.5. The molecule has 0 radical (unpaired) electrons. The lowest BCUT2D eigenvalue weighted by Crippen LogP contribution is -2.53. The smallest absolute Gasteiger partial charge is 0.244 e. The first-order chi connectivity index (χ1) is 15.0. The Kier molecular flexibility index (Phi) is 7.36. The summed E-state index contributed by atoms with van der Waals surface area (Å²) in [5.74, 6) is -2.10. The number of hydrogen-bond donors (Lipinski definition) is 1. The molecule has 32 heavy (non-hydrogen) atoms. The third-order valence-corrected chi connectivity index (χ3v) is 8.80. The highest BCUT2D eigenvalue weighted by Gasteiger charge is 2.39. The van der Waals surface area contributed by atoms with Crippen LogP contribution in [-0.4, -0.2) is 52.0 Å². The molecule has 2 aromatic carbocycles. The van der Waals surface area contributed by atoms with Gasteiger partial charge >= 0.3 is 0 Å². The van der Waals surface area contributed by atoms with Crippen LogP contribution in [0.4, 0.5) is 4.39 Å². The molecule has 2 aromatic rings. The summed E-state index contributed by atoms with van der Waals surface area (Å²) < 4.78 is 67.6. The average Bonchev–Trinajstić information content (AvgIpc) is 3.19. The number of nitrogens with zero attached hydrogens (tertiary/aromatic N) is 1. The minimum atomic E-state index is -4.30. The van der Waals surface area contributed by atoms with Crippen molar-refractivity contribution in [1.82, 2.24) is 9.62 Å². The van der Waals surface area contributed by atoms with E-state index in [9.17, 15) is 26.0 Å². The molecule has 0 spiro atoms. The topological polar surface area (TPSA) is 101 Å². The van der Waals surface area contributed by atoms with E-state index in [0.29, 0.717) is 19.4 Å². The summed E-state index contributed by atoms with van der Waals surface area (Å²) in [6.07, 6.45) is 1.12. The van der Waals surface area contributed by atoms with E-state index in [0.717, 1.165) is 12.1 Å². The predicted molar refractivity (Wildman–Crippen MR) is 119 cm³/mol. The van der Waals surface area contributed by atoms with Crippen LogP contribution in [0.5, 0.6) is 0 Å². The van der Waals surface area contributed by atoms with Gasteiger partial charge in [0.25, 0.3) is 0 Å². The second-order valence-electron chi connectivity index (χ2n) is 8.20. The molecule has 1 fully saturated rings. The molecule has 3 rings (SSSR count). The van der Waals surface area contributed by atoms with Crippen LogP contribution in [0.15, 0.2) is 64.4 Å². The molecule has 1 aliphatic heterocycles. The van der Waals surface area contributed by atoms with E-state index < -0.39 is 54.5 Å². The Labute approximate surface area is 188 Å². The Morgan fingerprint density at radius 1 is 1.06 bits per heavy atom. The first-order valence-electron chi connectivity index (χ1n) is 10.4. The molecule has 7 nitrogen and oxygen atoms in total. The normalized spacial score (nSPS) is 18.1. The van der Waals surface area contributed by atoms with Crippen molar-refractivity contribution >= 4 is 25.8 Å². The molecule has 0 saturated carbocycles. The second-order valence-corrected chi connectivity index (χ2v) is 11.9. The number of halogens is 1. The van der Waals surface area contributed by atoms with Crippen LogP contribution in [-0.2, 0) is 24.7 Å². The molecule has 0 aliphatic carbocycles. The van der Waals surface area contributed by atoms with Crippen molar-refractivity contribution in [3.63, 3.8) is 0 Å². The Balaban J connectivity index is 1.82. The number of likely N-dealkylation sites (tertiary alicyclic amines) is 1. The Morgan fingerprint density at radius 3 is 2.31 bits per heavy atom. The van der Waals surface area contributed by atoms with Crippen molar-refractivity contribution in [2.75, 3.05) is 12.3 Å². The summed E-state index contributed by atoms with van der Waals surface area (Å²) >= 11 is 0. The minimum absolute atomic E-state index is 0.181.